The van der Waals surface area contributed by atoms with Gasteiger partial charge >= 0.3 is 5.97 Å². The maximum atomic E-state index is 11.9. The molecular weight excluding hydrogens is 480 g/mol. The molecule has 0 heterocycles. The van der Waals surface area contributed by atoms with Crippen LogP contribution in [0.4, 0.5) is 11.4 Å². The third kappa shape index (κ3) is 7.52. The van der Waals surface area contributed by atoms with Crippen molar-refractivity contribution in [2.45, 2.75) is 19.8 Å². The van der Waals surface area contributed by atoms with Gasteiger partial charge in [-0.05, 0) is 55.0 Å². The zero-order chi connectivity index (χ0) is 19.8. The molecule has 8 heteroatoms. The van der Waals surface area contributed by atoms with E-state index in [1.54, 1.807) is 36.4 Å². The first kappa shape index (κ1) is 21.1. The number of carbonyl (C=O) groups is 3. The minimum atomic E-state index is -0.608. The van der Waals surface area contributed by atoms with Crippen molar-refractivity contribution in [3.63, 3.8) is 0 Å². The molecule has 0 fully saturated rings. The summed E-state index contributed by atoms with van der Waals surface area (Å²) < 4.78 is 6.72. The Morgan fingerprint density at radius 2 is 1.56 bits per heavy atom. The van der Waals surface area contributed by atoms with Gasteiger partial charge in [-0.15, -0.1) is 0 Å². The van der Waals surface area contributed by atoms with Crippen LogP contribution in [0.2, 0.25) is 0 Å². The predicted molar refractivity (Wildman–Crippen MR) is 110 cm³/mol. The summed E-state index contributed by atoms with van der Waals surface area (Å²) in [6.45, 7) is 1.46. The lowest BCUT2D eigenvalue weighted by Gasteiger charge is -2.09. The summed E-state index contributed by atoms with van der Waals surface area (Å²) in [6.07, 6.45) is -0.130. The van der Waals surface area contributed by atoms with E-state index in [9.17, 15) is 14.4 Å². The van der Waals surface area contributed by atoms with E-state index in [2.05, 4.69) is 42.5 Å². The number of benzene rings is 2. The lowest BCUT2D eigenvalue weighted by molar-refractivity contribution is -0.147. The molecule has 0 atom stereocenters. The normalized spacial score (nSPS) is 10.2. The molecule has 0 saturated heterocycles. The van der Waals surface area contributed by atoms with Gasteiger partial charge in [0.25, 0.3) is 5.91 Å². The lowest BCUT2D eigenvalue weighted by atomic mass is 10.2. The Morgan fingerprint density at radius 1 is 0.889 bits per heavy atom. The highest BCUT2D eigenvalue weighted by Crippen LogP contribution is 2.20. The standard InChI is InChI=1S/C19H18Br2N2O4/c1-12-10-14(21)4-7-16(12)23-18(25)11-27-19(26)9-8-17(24)22-15-5-2-13(20)3-6-15/h2-7,10H,8-9,11H2,1H3,(H,22,24)(H,23,25). The van der Waals surface area contributed by atoms with Crippen LogP contribution in [-0.2, 0) is 19.1 Å². The van der Waals surface area contributed by atoms with E-state index in [1.165, 1.54) is 0 Å². The molecule has 0 saturated carbocycles. The van der Waals surface area contributed by atoms with Gasteiger partial charge in [0.1, 0.15) is 0 Å². The molecule has 0 aliphatic heterocycles. The van der Waals surface area contributed by atoms with Gasteiger partial charge in [0.15, 0.2) is 6.61 Å². The maximum Gasteiger partial charge on any atom is 0.306 e. The molecule has 0 spiro atoms. The molecule has 0 aliphatic rings. The Kier molecular flexibility index (Phi) is 7.99. The molecular formula is C19H18Br2N2O4. The van der Waals surface area contributed by atoms with Crippen molar-refractivity contribution in [2.75, 3.05) is 17.2 Å². The first-order valence-electron chi connectivity index (χ1n) is 8.10. The van der Waals surface area contributed by atoms with Gasteiger partial charge in [-0.25, -0.2) is 0 Å². The quantitative estimate of drug-likeness (QED) is 0.554. The lowest BCUT2D eigenvalue weighted by Crippen LogP contribution is -2.22. The smallest absolute Gasteiger partial charge is 0.306 e. The molecule has 0 aliphatic carbocycles. The predicted octanol–water partition coefficient (Wildman–Crippen LogP) is 4.42. The number of halogens is 2. The molecule has 0 bridgehead atoms. The number of amides is 2. The van der Waals surface area contributed by atoms with Crippen molar-refractivity contribution in [2.24, 2.45) is 0 Å². The molecule has 2 aromatic carbocycles. The SMILES string of the molecule is Cc1cc(Br)ccc1NC(=O)COC(=O)CCC(=O)Nc1ccc(Br)cc1. The van der Waals surface area contributed by atoms with Crippen LogP contribution in [0.15, 0.2) is 51.4 Å². The van der Waals surface area contributed by atoms with Gasteiger partial charge in [0.05, 0.1) is 6.42 Å². The van der Waals surface area contributed by atoms with Crippen LogP contribution >= 0.6 is 31.9 Å². The third-order valence-corrected chi connectivity index (χ3v) is 4.53. The van der Waals surface area contributed by atoms with Crippen LogP contribution in [0.5, 0.6) is 0 Å². The summed E-state index contributed by atoms with van der Waals surface area (Å²) in [4.78, 5) is 35.4. The molecule has 0 radical (unpaired) electrons. The number of hydrogen-bond donors (Lipinski definition) is 2. The van der Waals surface area contributed by atoms with Gasteiger partial charge in [0.2, 0.25) is 5.91 Å². The zero-order valence-electron chi connectivity index (χ0n) is 14.6. The van der Waals surface area contributed by atoms with Crippen LogP contribution in [0.25, 0.3) is 0 Å². The minimum Gasteiger partial charge on any atom is -0.456 e. The fourth-order valence-electron chi connectivity index (χ4n) is 2.14. The zero-order valence-corrected chi connectivity index (χ0v) is 17.7. The van der Waals surface area contributed by atoms with E-state index in [0.717, 1.165) is 14.5 Å². The molecule has 0 aromatic heterocycles. The third-order valence-electron chi connectivity index (χ3n) is 3.51. The second-order valence-electron chi connectivity index (χ2n) is 5.72. The van der Waals surface area contributed by atoms with Crippen LogP contribution < -0.4 is 10.6 Å². The van der Waals surface area contributed by atoms with Gasteiger partial charge in [-0.2, -0.15) is 0 Å². The van der Waals surface area contributed by atoms with Crippen LogP contribution in [0, 0.1) is 6.92 Å². The summed E-state index contributed by atoms with van der Waals surface area (Å²) >= 11 is 6.66. The van der Waals surface area contributed by atoms with Crippen molar-refractivity contribution in [1.29, 1.82) is 0 Å². The highest BCUT2D eigenvalue weighted by molar-refractivity contribution is 9.10. The second-order valence-corrected chi connectivity index (χ2v) is 7.55. The Bertz CT molecular complexity index is 838. The average Bonchev–Trinajstić information content (AvgIpc) is 2.62. The number of hydrogen-bond acceptors (Lipinski definition) is 4. The monoisotopic (exact) mass is 496 g/mol. The average molecular weight is 498 g/mol. The van der Waals surface area contributed by atoms with Gasteiger partial charge in [-0.1, -0.05) is 31.9 Å². The van der Waals surface area contributed by atoms with E-state index in [4.69, 9.17) is 4.74 Å². The van der Waals surface area contributed by atoms with Gasteiger partial charge in [-0.3, -0.25) is 14.4 Å². The largest absolute Gasteiger partial charge is 0.456 e. The fourth-order valence-corrected chi connectivity index (χ4v) is 2.88. The van der Waals surface area contributed by atoms with E-state index < -0.39 is 18.5 Å². The number of aryl methyl sites for hydroxylation is 1. The number of rotatable bonds is 7. The van der Waals surface area contributed by atoms with Gasteiger partial charge < -0.3 is 15.4 Å². The molecule has 2 aromatic rings. The number of esters is 1. The summed E-state index contributed by atoms with van der Waals surface area (Å²) in [7, 11) is 0. The van der Waals surface area contributed by atoms with E-state index in [1.807, 2.05) is 13.0 Å². The molecule has 2 amide bonds. The fraction of sp³-hybridized carbons (Fsp3) is 0.211. The van der Waals surface area contributed by atoms with E-state index in [-0.39, 0.29) is 18.7 Å². The Balaban J connectivity index is 1.69. The van der Waals surface area contributed by atoms with E-state index in [0.29, 0.717) is 11.4 Å². The van der Waals surface area contributed by atoms with Gasteiger partial charge in [0, 0.05) is 26.7 Å². The molecule has 6 nitrogen and oxygen atoms in total. The number of carbonyl (C=O) groups excluding carboxylic acids is 3. The molecule has 2 rings (SSSR count). The molecule has 2 N–H and O–H groups in total. The van der Waals surface area contributed by atoms with Crippen molar-refractivity contribution in [3.05, 3.63) is 57.0 Å². The highest BCUT2D eigenvalue weighted by atomic mass is 79.9. The summed E-state index contributed by atoms with van der Waals surface area (Å²) in [5, 5.41) is 5.36. The maximum absolute atomic E-state index is 11.9. The van der Waals surface area contributed by atoms with Crippen LogP contribution in [0.3, 0.4) is 0 Å². The number of nitrogens with one attached hydrogen (secondary N) is 2. The minimum absolute atomic E-state index is 0.0255. The topological polar surface area (TPSA) is 84.5 Å². The first-order valence-corrected chi connectivity index (χ1v) is 9.69. The Morgan fingerprint density at radius 3 is 2.22 bits per heavy atom. The van der Waals surface area contributed by atoms with Crippen molar-refractivity contribution in [3.8, 4) is 0 Å². The molecule has 142 valence electrons. The highest BCUT2D eigenvalue weighted by Gasteiger charge is 2.11. The Hall–Kier alpha value is -2.19. The van der Waals surface area contributed by atoms with Crippen LogP contribution in [0.1, 0.15) is 18.4 Å². The van der Waals surface area contributed by atoms with Crippen molar-refractivity contribution >= 4 is 61.0 Å². The van der Waals surface area contributed by atoms with Crippen molar-refractivity contribution < 1.29 is 19.1 Å². The molecule has 27 heavy (non-hydrogen) atoms. The van der Waals surface area contributed by atoms with E-state index >= 15 is 0 Å². The first-order chi connectivity index (χ1) is 12.8. The van der Waals surface area contributed by atoms with Crippen molar-refractivity contribution in [1.82, 2.24) is 0 Å². The summed E-state index contributed by atoms with van der Waals surface area (Å²) in [5.74, 6) is -1.35. The number of ether oxygens (including phenoxy) is 1. The second kappa shape index (κ2) is 10.2. The van der Waals surface area contributed by atoms with Crippen LogP contribution in [-0.4, -0.2) is 24.4 Å². The summed E-state index contributed by atoms with van der Waals surface area (Å²) in [5.41, 5.74) is 2.17. The summed E-state index contributed by atoms with van der Waals surface area (Å²) in [6, 6.07) is 12.5. The Labute approximate surface area is 173 Å². The molecule has 0 unspecified atom stereocenters. The number of anilines is 2.